The van der Waals surface area contributed by atoms with Gasteiger partial charge in [-0.2, -0.15) is 0 Å². The van der Waals surface area contributed by atoms with E-state index in [4.69, 9.17) is 0 Å². The van der Waals surface area contributed by atoms with Crippen LogP contribution in [0.15, 0.2) is 16.3 Å². The van der Waals surface area contributed by atoms with Gasteiger partial charge < -0.3 is 5.11 Å². The topological polar surface area (TPSA) is 66.4 Å². The van der Waals surface area contributed by atoms with Gasteiger partial charge in [0, 0.05) is 11.4 Å². The monoisotopic (exact) mass is 275 g/mol. The van der Waals surface area contributed by atoms with E-state index in [9.17, 15) is 13.5 Å². The molecule has 1 saturated carbocycles. The Kier molecular flexibility index (Phi) is 3.58. The van der Waals surface area contributed by atoms with Gasteiger partial charge in [-0.15, -0.1) is 11.3 Å². The number of aryl methyl sites for hydroxylation is 1. The highest BCUT2D eigenvalue weighted by molar-refractivity contribution is 7.91. The van der Waals surface area contributed by atoms with Crippen LogP contribution in [0.3, 0.4) is 0 Å². The number of sulfonamides is 1. The zero-order valence-electron chi connectivity index (χ0n) is 9.77. The van der Waals surface area contributed by atoms with Crippen molar-refractivity contribution in [2.75, 3.05) is 6.54 Å². The fourth-order valence-electron chi connectivity index (χ4n) is 2.07. The van der Waals surface area contributed by atoms with Crippen molar-refractivity contribution < 1.29 is 13.5 Å². The van der Waals surface area contributed by atoms with Crippen LogP contribution in [0.5, 0.6) is 0 Å². The first-order chi connectivity index (χ1) is 7.91. The van der Waals surface area contributed by atoms with E-state index in [-0.39, 0.29) is 6.54 Å². The second-order valence-corrected chi connectivity index (χ2v) is 7.90. The Balaban J connectivity index is 2.03. The van der Waals surface area contributed by atoms with E-state index in [0.29, 0.717) is 17.1 Å². The molecule has 96 valence electrons. The van der Waals surface area contributed by atoms with E-state index in [1.54, 1.807) is 12.1 Å². The molecule has 17 heavy (non-hydrogen) atoms. The van der Waals surface area contributed by atoms with Gasteiger partial charge in [0.05, 0.1) is 5.60 Å². The van der Waals surface area contributed by atoms with Crippen molar-refractivity contribution in [3.05, 3.63) is 17.0 Å². The molecule has 1 aliphatic rings. The fourth-order valence-corrected chi connectivity index (χ4v) is 4.51. The van der Waals surface area contributed by atoms with Crippen LogP contribution in [0.25, 0.3) is 0 Å². The molecular formula is C11H17NO3S2. The Labute approximate surface area is 106 Å². The lowest BCUT2D eigenvalue weighted by Crippen LogP contribution is -2.40. The van der Waals surface area contributed by atoms with Crippen LogP contribution in [0.4, 0.5) is 0 Å². The van der Waals surface area contributed by atoms with Crippen LogP contribution in [0, 0.1) is 6.92 Å². The van der Waals surface area contributed by atoms with Crippen LogP contribution >= 0.6 is 11.3 Å². The summed E-state index contributed by atoms with van der Waals surface area (Å²) in [6, 6.07) is 3.38. The lowest BCUT2D eigenvalue weighted by molar-refractivity contribution is 0.0532. The van der Waals surface area contributed by atoms with Gasteiger partial charge >= 0.3 is 0 Å². The first kappa shape index (κ1) is 13.0. The highest BCUT2D eigenvalue weighted by Gasteiger charge is 2.32. The predicted molar refractivity (Wildman–Crippen MR) is 67.7 cm³/mol. The molecule has 0 amide bonds. The maximum atomic E-state index is 11.9. The average molecular weight is 275 g/mol. The van der Waals surface area contributed by atoms with Gasteiger partial charge in [0.25, 0.3) is 0 Å². The zero-order valence-corrected chi connectivity index (χ0v) is 11.4. The molecule has 0 unspecified atom stereocenters. The lowest BCUT2D eigenvalue weighted by atomic mass is 10.0. The van der Waals surface area contributed by atoms with Gasteiger partial charge in [0.2, 0.25) is 10.0 Å². The molecule has 4 nitrogen and oxygen atoms in total. The Bertz CT molecular complexity index is 487. The third-order valence-electron chi connectivity index (χ3n) is 3.11. The SMILES string of the molecule is Cc1ccc(S(=O)(=O)NCC2(O)CCCC2)s1. The summed E-state index contributed by atoms with van der Waals surface area (Å²) in [5, 5.41) is 10.1. The van der Waals surface area contributed by atoms with E-state index in [1.807, 2.05) is 6.92 Å². The van der Waals surface area contributed by atoms with E-state index in [2.05, 4.69) is 4.72 Å². The highest BCUT2D eigenvalue weighted by atomic mass is 32.2. The molecule has 0 radical (unpaired) electrons. The molecule has 2 N–H and O–H groups in total. The minimum absolute atomic E-state index is 0.117. The van der Waals surface area contributed by atoms with Crippen molar-refractivity contribution in [2.45, 2.75) is 42.4 Å². The third kappa shape index (κ3) is 3.07. The summed E-state index contributed by atoms with van der Waals surface area (Å²) in [6.07, 6.45) is 3.30. The quantitative estimate of drug-likeness (QED) is 0.878. The molecule has 1 fully saturated rings. The highest BCUT2D eigenvalue weighted by Crippen LogP contribution is 2.29. The summed E-state index contributed by atoms with van der Waals surface area (Å²) in [5.41, 5.74) is -0.848. The standard InChI is InChI=1S/C11H17NO3S2/c1-9-4-5-10(16-9)17(14,15)12-8-11(13)6-2-3-7-11/h4-5,12-13H,2-3,6-8H2,1H3. The van der Waals surface area contributed by atoms with Crippen LogP contribution in [-0.2, 0) is 10.0 Å². The Morgan fingerprint density at radius 1 is 1.41 bits per heavy atom. The van der Waals surface area contributed by atoms with Crippen molar-refractivity contribution in [2.24, 2.45) is 0 Å². The molecular weight excluding hydrogens is 258 g/mol. The zero-order chi connectivity index (χ0) is 12.5. The van der Waals surface area contributed by atoms with Crippen LogP contribution in [0.1, 0.15) is 30.6 Å². The number of aliphatic hydroxyl groups is 1. The number of rotatable bonds is 4. The number of thiophene rings is 1. The van der Waals surface area contributed by atoms with Crippen molar-refractivity contribution in [1.29, 1.82) is 0 Å². The molecule has 1 aromatic heterocycles. The molecule has 6 heteroatoms. The third-order valence-corrected chi connectivity index (χ3v) is 6.00. The summed E-state index contributed by atoms with van der Waals surface area (Å²) in [6.45, 7) is 1.99. The Morgan fingerprint density at radius 2 is 2.06 bits per heavy atom. The minimum Gasteiger partial charge on any atom is -0.389 e. The summed E-state index contributed by atoms with van der Waals surface area (Å²) in [7, 11) is -3.46. The van der Waals surface area contributed by atoms with Crippen molar-refractivity contribution in [1.82, 2.24) is 4.72 Å². The van der Waals surface area contributed by atoms with Gasteiger partial charge in [-0.05, 0) is 31.9 Å². The van der Waals surface area contributed by atoms with E-state index >= 15 is 0 Å². The van der Waals surface area contributed by atoms with Gasteiger partial charge in [0.1, 0.15) is 4.21 Å². The molecule has 0 saturated heterocycles. The van der Waals surface area contributed by atoms with Gasteiger partial charge in [-0.1, -0.05) is 12.8 Å². The largest absolute Gasteiger partial charge is 0.389 e. The van der Waals surface area contributed by atoms with E-state index < -0.39 is 15.6 Å². The number of nitrogens with one attached hydrogen (secondary N) is 1. The Hall–Kier alpha value is -0.430. The molecule has 0 atom stereocenters. The van der Waals surface area contributed by atoms with Crippen molar-refractivity contribution in [3.63, 3.8) is 0 Å². The van der Waals surface area contributed by atoms with Gasteiger partial charge in [0.15, 0.2) is 0 Å². The first-order valence-corrected chi connectivity index (χ1v) is 8.00. The molecule has 0 aromatic carbocycles. The van der Waals surface area contributed by atoms with Crippen molar-refractivity contribution >= 4 is 21.4 Å². The summed E-state index contributed by atoms with van der Waals surface area (Å²) < 4.78 is 26.7. The molecule has 2 rings (SSSR count). The smallest absolute Gasteiger partial charge is 0.250 e. The maximum Gasteiger partial charge on any atom is 0.250 e. The number of hydrogen-bond acceptors (Lipinski definition) is 4. The van der Waals surface area contributed by atoms with Gasteiger partial charge in [-0.3, -0.25) is 0 Å². The van der Waals surface area contributed by atoms with Crippen molar-refractivity contribution in [3.8, 4) is 0 Å². The van der Waals surface area contributed by atoms with E-state index in [1.165, 1.54) is 11.3 Å². The normalized spacial score (nSPS) is 19.6. The second-order valence-electron chi connectivity index (χ2n) is 4.62. The summed E-state index contributed by atoms with van der Waals surface area (Å²) in [5.74, 6) is 0. The van der Waals surface area contributed by atoms with Crippen LogP contribution < -0.4 is 4.72 Å². The predicted octanol–water partition coefficient (Wildman–Crippen LogP) is 1.64. The molecule has 1 aliphatic carbocycles. The van der Waals surface area contributed by atoms with Gasteiger partial charge in [-0.25, -0.2) is 13.1 Å². The number of hydrogen-bond donors (Lipinski definition) is 2. The molecule has 1 aromatic rings. The molecule has 0 bridgehead atoms. The van der Waals surface area contributed by atoms with E-state index in [0.717, 1.165) is 17.7 Å². The van der Waals surface area contributed by atoms with Crippen LogP contribution in [0.2, 0.25) is 0 Å². The lowest BCUT2D eigenvalue weighted by Gasteiger charge is -2.21. The average Bonchev–Trinajstić information content (AvgIpc) is 2.86. The first-order valence-electron chi connectivity index (χ1n) is 5.70. The molecule has 0 aliphatic heterocycles. The summed E-state index contributed by atoms with van der Waals surface area (Å²) in [4.78, 5) is 0.963. The Morgan fingerprint density at radius 3 is 2.59 bits per heavy atom. The minimum atomic E-state index is -3.46. The molecule has 1 heterocycles. The fraction of sp³-hybridized carbons (Fsp3) is 0.636. The summed E-state index contributed by atoms with van der Waals surface area (Å²) >= 11 is 1.24. The maximum absolute atomic E-state index is 11.9. The second kappa shape index (κ2) is 4.68. The van der Waals surface area contributed by atoms with Crippen LogP contribution in [-0.4, -0.2) is 25.7 Å². The molecule has 0 spiro atoms.